The average molecular weight is 378 g/mol. The van der Waals surface area contributed by atoms with Gasteiger partial charge in [0.15, 0.2) is 0 Å². The number of rotatable bonds is 6. The molecule has 0 aliphatic rings. The van der Waals surface area contributed by atoms with Crippen LogP contribution in [0.3, 0.4) is 0 Å². The second-order valence-corrected chi connectivity index (χ2v) is 12.4. The summed E-state index contributed by atoms with van der Waals surface area (Å²) in [5.41, 5.74) is 1.34. The third-order valence-electron chi connectivity index (χ3n) is 4.10. The Morgan fingerprint density at radius 1 is 0.960 bits per heavy atom. The lowest BCUT2D eigenvalue weighted by Crippen LogP contribution is -2.35. The highest BCUT2D eigenvalue weighted by atomic mass is 32.2. The molecular weight excluding hydrogens is 343 g/mol. The molecule has 0 amide bonds. The van der Waals surface area contributed by atoms with Gasteiger partial charge in [0, 0.05) is 4.75 Å². The Morgan fingerprint density at radius 2 is 1.48 bits per heavy atom. The first-order valence-electron chi connectivity index (χ1n) is 9.10. The molecule has 0 aliphatic carbocycles. The van der Waals surface area contributed by atoms with E-state index in [1.165, 1.54) is 5.56 Å². The van der Waals surface area contributed by atoms with Crippen LogP contribution >= 0.6 is 24.0 Å². The third-order valence-corrected chi connectivity index (χ3v) is 5.38. The van der Waals surface area contributed by atoms with Crippen LogP contribution in [0.2, 0.25) is 0 Å². The first-order valence-corrected chi connectivity index (χ1v) is 10.3. The second kappa shape index (κ2) is 8.04. The third kappa shape index (κ3) is 8.64. The van der Waals surface area contributed by atoms with Gasteiger partial charge in [-0.2, -0.15) is 0 Å². The van der Waals surface area contributed by atoms with Gasteiger partial charge in [-0.25, -0.2) is 0 Å². The average Bonchev–Trinajstić information content (AvgIpc) is 2.33. The first kappa shape index (κ1) is 22.6. The summed E-state index contributed by atoms with van der Waals surface area (Å²) in [6.07, 6.45) is 1.99. The molecule has 1 aromatic carbocycles. The van der Waals surface area contributed by atoms with Gasteiger partial charge in [0.2, 0.25) is 4.38 Å². The largest absolute Gasteiger partial charge is 0.473 e. The molecule has 0 fully saturated rings. The van der Waals surface area contributed by atoms with Gasteiger partial charge in [0.05, 0.1) is 0 Å². The van der Waals surface area contributed by atoms with E-state index < -0.39 is 0 Å². The number of thiocarbonyl (C=S) groups is 1. The predicted molar refractivity (Wildman–Crippen MR) is 120 cm³/mol. The molecule has 1 aromatic rings. The van der Waals surface area contributed by atoms with Crippen molar-refractivity contribution in [2.24, 2.45) is 5.41 Å². The second-order valence-electron chi connectivity index (χ2n) is 10.1. The zero-order valence-electron chi connectivity index (χ0n) is 17.5. The van der Waals surface area contributed by atoms with E-state index in [0.717, 1.165) is 12.8 Å². The fraction of sp³-hybridized carbons (Fsp3) is 0.667. The van der Waals surface area contributed by atoms with E-state index >= 15 is 0 Å². The van der Waals surface area contributed by atoms with Crippen molar-refractivity contribution < 1.29 is 4.74 Å². The molecule has 0 aliphatic heterocycles. The van der Waals surface area contributed by atoms with Crippen molar-refractivity contribution in [3.05, 3.63) is 35.9 Å². The van der Waals surface area contributed by atoms with E-state index in [0.29, 0.717) is 4.38 Å². The molecule has 0 N–H and O–H groups in total. The summed E-state index contributed by atoms with van der Waals surface area (Å²) in [6, 6.07) is 10.7. The van der Waals surface area contributed by atoms with Gasteiger partial charge < -0.3 is 4.74 Å². The summed E-state index contributed by atoms with van der Waals surface area (Å²) in [6.45, 7) is 17.8. The minimum atomic E-state index is -0.243. The van der Waals surface area contributed by atoms with Crippen molar-refractivity contribution in [1.29, 1.82) is 0 Å². The standard InChI is InChI=1S/C21H35BOS2/c1-18(2,3)14-19(4,5)23-17(24)25-20(6,7)15-21(8,22)16-12-10-9-11-13-16/h9-13H,14-15,22H2,1-8H3. The van der Waals surface area contributed by atoms with Crippen LogP contribution in [0.4, 0.5) is 0 Å². The zero-order valence-corrected chi connectivity index (χ0v) is 19.2. The minimum absolute atomic E-state index is 0.00817. The Bertz CT molecular complexity index is 571. The van der Waals surface area contributed by atoms with Crippen molar-refractivity contribution in [3.63, 3.8) is 0 Å². The highest BCUT2D eigenvalue weighted by Gasteiger charge is 2.34. The number of ether oxygens (including phenoxy) is 1. The molecule has 1 nitrogen and oxygen atoms in total. The molecule has 0 aromatic heterocycles. The highest BCUT2D eigenvalue weighted by Crippen LogP contribution is 2.40. The van der Waals surface area contributed by atoms with Gasteiger partial charge in [0.25, 0.3) is 0 Å². The van der Waals surface area contributed by atoms with Gasteiger partial charge in [0.1, 0.15) is 13.4 Å². The molecule has 0 spiro atoms. The molecule has 25 heavy (non-hydrogen) atoms. The number of hydrogen-bond donors (Lipinski definition) is 0. The topological polar surface area (TPSA) is 9.23 Å². The lowest BCUT2D eigenvalue weighted by Gasteiger charge is -2.37. The molecule has 1 rings (SSSR count). The van der Waals surface area contributed by atoms with Crippen LogP contribution in [0.1, 0.15) is 73.8 Å². The minimum Gasteiger partial charge on any atom is -0.473 e. The summed E-state index contributed by atoms with van der Waals surface area (Å²) >= 11 is 7.27. The SMILES string of the molecule is BC(C)(CC(C)(C)SC(=S)OC(C)(C)CC(C)(C)C)c1ccccc1. The molecule has 0 bridgehead atoms. The number of benzene rings is 1. The smallest absolute Gasteiger partial charge is 0.221 e. The van der Waals surface area contributed by atoms with E-state index in [1.807, 2.05) is 0 Å². The maximum atomic E-state index is 6.16. The molecule has 140 valence electrons. The van der Waals surface area contributed by atoms with E-state index in [9.17, 15) is 0 Å². The van der Waals surface area contributed by atoms with E-state index in [-0.39, 0.29) is 21.1 Å². The lowest BCUT2D eigenvalue weighted by molar-refractivity contribution is 0.0580. The summed E-state index contributed by atoms with van der Waals surface area (Å²) < 4.78 is 6.83. The van der Waals surface area contributed by atoms with Crippen molar-refractivity contribution in [2.75, 3.05) is 0 Å². The molecular formula is C21H35BOS2. The fourth-order valence-corrected chi connectivity index (χ4v) is 5.93. The monoisotopic (exact) mass is 378 g/mol. The molecule has 1 unspecified atom stereocenters. The van der Waals surface area contributed by atoms with Crippen LogP contribution in [0.25, 0.3) is 0 Å². The summed E-state index contributed by atoms with van der Waals surface area (Å²) in [4.78, 5) is 0. The van der Waals surface area contributed by atoms with Crippen molar-refractivity contribution in [2.45, 2.75) is 83.9 Å². The van der Waals surface area contributed by atoms with Gasteiger partial charge in [-0.1, -0.05) is 89.2 Å². The quantitative estimate of drug-likeness (QED) is 0.447. The van der Waals surface area contributed by atoms with Crippen LogP contribution in [0, 0.1) is 5.41 Å². The highest BCUT2D eigenvalue weighted by molar-refractivity contribution is 8.23. The lowest BCUT2D eigenvalue weighted by atomic mass is 9.61. The van der Waals surface area contributed by atoms with Gasteiger partial charge >= 0.3 is 0 Å². The van der Waals surface area contributed by atoms with Crippen molar-refractivity contribution in [1.82, 2.24) is 0 Å². The van der Waals surface area contributed by atoms with Crippen LogP contribution in [-0.2, 0) is 10.1 Å². The van der Waals surface area contributed by atoms with Crippen LogP contribution in [0.15, 0.2) is 30.3 Å². The zero-order chi connectivity index (χ0) is 19.5. The van der Waals surface area contributed by atoms with Crippen LogP contribution in [0.5, 0.6) is 0 Å². The van der Waals surface area contributed by atoms with Crippen molar-refractivity contribution in [3.8, 4) is 0 Å². The molecule has 0 radical (unpaired) electrons. The van der Waals surface area contributed by atoms with Gasteiger partial charge in [-0.15, -0.1) is 0 Å². The number of thioether (sulfide) groups is 1. The Balaban J connectivity index is 2.72. The Kier molecular flexibility index (Phi) is 7.26. The number of hydrogen-bond acceptors (Lipinski definition) is 3. The maximum absolute atomic E-state index is 6.16. The maximum Gasteiger partial charge on any atom is 0.221 e. The van der Waals surface area contributed by atoms with Crippen LogP contribution < -0.4 is 0 Å². The van der Waals surface area contributed by atoms with E-state index in [2.05, 4.69) is 93.6 Å². The van der Waals surface area contributed by atoms with Crippen molar-refractivity contribution >= 4 is 36.2 Å². The summed E-state index contributed by atoms with van der Waals surface area (Å²) in [5, 5.41) is 0.0916. The van der Waals surface area contributed by atoms with Gasteiger partial charge in [-0.05, 0) is 49.6 Å². The van der Waals surface area contributed by atoms with Crippen LogP contribution in [-0.4, -0.2) is 22.6 Å². The normalized spacial score (nSPS) is 15.5. The van der Waals surface area contributed by atoms with E-state index in [4.69, 9.17) is 17.0 Å². The first-order chi connectivity index (χ1) is 11.1. The fourth-order valence-electron chi connectivity index (χ4n) is 3.88. The van der Waals surface area contributed by atoms with E-state index in [1.54, 1.807) is 11.8 Å². The molecule has 0 saturated heterocycles. The Morgan fingerprint density at radius 3 is 1.96 bits per heavy atom. The molecule has 0 saturated carbocycles. The van der Waals surface area contributed by atoms with Gasteiger partial charge in [-0.3, -0.25) is 0 Å². The summed E-state index contributed by atoms with van der Waals surface area (Å²) in [7, 11) is 2.30. The molecule has 1 atom stereocenters. The Hall–Kier alpha value is -0.475. The molecule has 0 heterocycles. The Labute approximate surface area is 166 Å². The molecule has 4 heteroatoms. The summed E-state index contributed by atoms with van der Waals surface area (Å²) in [5.74, 6) is 0. The predicted octanol–water partition coefficient (Wildman–Crippen LogP) is 5.95.